The Bertz CT molecular complexity index is 338. The predicted octanol–water partition coefficient (Wildman–Crippen LogP) is 1.27. The van der Waals surface area contributed by atoms with E-state index in [4.69, 9.17) is 4.74 Å². The molecule has 1 aliphatic heterocycles. The molecule has 1 saturated heterocycles. The lowest BCUT2D eigenvalue weighted by atomic mass is 9.66. The number of carboxylic acids is 1. The Morgan fingerprint density at radius 3 is 2.67 bits per heavy atom. The third-order valence-corrected chi connectivity index (χ3v) is 4.06. The van der Waals surface area contributed by atoms with Gasteiger partial charge < -0.3 is 14.7 Å². The molecule has 0 aromatic heterocycles. The molecular weight excluding hydrogens is 234 g/mol. The zero-order valence-corrected chi connectivity index (χ0v) is 10.9. The normalized spacial score (nSPS) is 27.2. The highest BCUT2D eigenvalue weighted by Gasteiger charge is 2.46. The van der Waals surface area contributed by atoms with Gasteiger partial charge in [-0.3, -0.25) is 9.59 Å². The maximum Gasteiger partial charge on any atom is 0.310 e. The molecule has 0 aromatic carbocycles. The summed E-state index contributed by atoms with van der Waals surface area (Å²) in [5, 5.41) is 9.24. The maximum absolute atomic E-state index is 12.2. The minimum Gasteiger partial charge on any atom is -0.481 e. The number of ether oxygens (including phenoxy) is 1. The van der Waals surface area contributed by atoms with Crippen LogP contribution in [0.4, 0.5) is 0 Å². The second kappa shape index (κ2) is 5.26. The van der Waals surface area contributed by atoms with Gasteiger partial charge in [0, 0.05) is 26.1 Å². The summed E-state index contributed by atoms with van der Waals surface area (Å²) in [4.78, 5) is 25.2. The number of carboxylic acid groups (broad SMARTS) is 1. The minimum absolute atomic E-state index is 0.0329. The molecular formula is C13H21NO4. The first-order valence-electron chi connectivity index (χ1n) is 6.66. The molecule has 0 radical (unpaired) electrons. The summed E-state index contributed by atoms with van der Waals surface area (Å²) in [5.74, 6) is -0.851. The average molecular weight is 255 g/mol. The van der Waals surface area contributed by atoms with Crippen LogP contribution in [0.25, 0.3) is 0 Å². The van der Waals surface area contributed by atoms with Gasteiger partial charge in [-0.15, -0.1) is 0 Å². The molecule has 1 aliphatic carbocycles. The summed E-state index contributed by atoms with van der Waals surface area (Å²) >= 11 is 0. The lowest BCUT2D eigenvalue weighted by Gasteiger charge is -2.38. The average Bonchev–Trinajstić information content (AvgIpc) is 2.47. The van der Waals surface area contributed by atoms with Crippen LogP contribution in [-0.4, -0.2) is 47.7 Å². The van der Waals surface area contributed by atoms with Gasteiger partial charge in [-0.2, -0.15) is 0 Å². The molecule has 5 nitrogen and oxygen atoms in total. The highest BCUT2D eigenvalue weighted by Crippen LogP contribution is 2.44. The molecule has 5 heteroatoms. The Hall–Kier alpha value is -1.10. The fraction of sp³-hybridized carbons (Fsp3) is 0.846. The van der Waals surface area contributed by atoms with E-state index in [1.54, 1.807) is 4.90 Å². The lowest BCUT2D eigenvalue weighted by Crippen LogP contribution is -2.45. The molecule has 2 fully saturated rings. The molecule has 2 aliphatic rings. The fourth-order valence-corrected chi connectivity index (χ4v) is 2.69. The van der Waals surface area contributed by atoms with E-state index in [0.29, 0.717) is 32.5 Å². The lowest BCUT2D eigenvalue weighted by molar-refractivity contribution is -0.159. The second-order valence-electron chi connectivity index (χ2n) is 5.49. The number of carbonyl (C=O) groups is 2. The van der Waals surface area contributed by atoms with Crippen LogP contribution in [0.3, 0.4) is 0 Å². The molecule has 1 amide bonds. The number of nitrogens with zero attached hydrogens (tertiary/aromatic N) is 1. The Balaban J connectivity index is 1.96. The summed E-state index contributed by atoms with van der Waals surface area (Å²) < 4.78 is 5.49. The number of hydrogen-bond acceptors (Lipinski definition) is 3. The summed E-state index contributed by atoms with van der Waals surface area (Å²) in [5.41, 5.74) is -0.784. The molecule has 1 unspecified atom stereocenters. The van der Waals surface area contributed by atoms with Gasteiger partial charge >= 0.3 is 5.97 Å². The predicted molar refractivity (Wildman–Crippen MR) is 65.1 cm³/mol. The van der Waals surface area contributed by atoms with Crippen molar-refractivity contribution < 1.29 is 19.4 Å². The van der Waals surface area contributed by atoms with E-state index in [9.17, 15) is 14.7 Å². The van der Waals surface area contributed by atoms with Gasteiger partial charge in [-0.25, -0.2) is 0 Å². The van der Waals surface area contributed by atoms with E-state index < -0.39 is 11.4 Å². The van der Waals surface area contributed by atoms with Gasteiger partial charge in [-0.05, 0) is 26.2 Å². The molecule has 1 heterocycles. The number of carbonyl (C=O) groups excluding carboxylic acids is 1. The Morgan fingerprint density at radius 1 is 1.39 bits per heavy atom. The van der Waals surface area contributed by atoms with Crippen molar-refractivity contribution in [2.24, 2.45) is 5.41 Å². The quantitative estimate of drug-likeness (QED) is 0.824. The van der Waals surface area contributed by atoms with E-state index in [1.165, 1.54) is 0 Å². The highest BCUT2D eigenvalue weighted by molar-refractivity contribution is 5.85. The number of hydrogen-bond donors (Lipinski definition) is 1. The summed E-state index contributed by atoms with van der Waals surface area (Å²) in [6.07, 6.45) is 3.20. The third kappa shape index (κ3) is 2.66. The summed E-state index contributed by atoms with van der Waals surface area (Å²) in [6.45, 7) is 3.88. The summed E-state index contributed by atoms with van der Waals surface area (Å²) in [7, 11) is 0. The number of amides is 1. The van der Waals surface area contributed by atoms with Crippen molar-refractivity contribution in [3.63, 3.8) is 0 Å². The van der Waals surface area contributed by atoms with Crippen LogP contribution in [0, 0.1) is 5.41 Å². The van der Waals surface area contributed by atoms with Crippen LogP contribution in [0.5, 0.6) is 0 Å². The number of aliphatic carboxylic acids is 1. The fourth-order valence-electron chi connectivity index (χ4n) is 2.69. The van der Waals surface area contributed by atoms with Crippen LogP contribution in [-0.2, 0) is 14.3 Å². The highest BCUT2D eigenvalue weighted by atomic mass is 16.5. The molecule has 1 saturated carbocycles. The maximum atomic E-state index is 12.2. The molecule has 102 valence electrons. The van der Waals surface area contributed by atoms with Gasteiger partial charge in [-0.1, -0.05) is 6.42 Å². The van der Waals surface area contributed by atoms with Gasteiger partial charge in [0.05, 0.1) is 11.5 Å². The Morgan fingerprint density at radius 2 is 2.11 bits per heavy atom. The van der Waals surface area contributed by atoms with Gasteiger partial charge in [0.15, 0.2) is 0 Å². The van der Waals surface area contributed by atoms with Crippen molar-refractivity contribution in [2.45, 2.75) is 45.1 Å². The number of rotatable bonds is 3. The molecule has 0 bridgehead atoms. The Kier molecular flexibility index (Phi) is 3.90. The van der Waals surface area contributed by atoms with E-state index >= 15 is 0 Å². The van der Waals surface area contributed by atoms with E-state index in [-0.39, 0.29) is 18.4 Å². The van der Waals surface area contributed by atoms with Crippen molar-refractivity contribution >= 4 is 11.9 Å². The Labute approximate surface area is 107 Å². The third-order valence-electron chi connectivity index (χ3n) is 4.06. The van der Waals surface area contributed by atoms with E-state index in [0.717, 1.165) is 12.8 Å². The molecule has 2 rings (SSSR count). The molecule has 18 heavy (non-hydrogen) atoms. The van der Waals surface area contributed by atoms with Crippen LogP contribution in [0.1, 0.15) is 39.0 Å². The first-order valence-corrected chi connectivity index (χ1v) is 6.66. The molecule has 0 spiro atoms. The summed E-state index contributed by atoms with van der Waals surface area (Å²) in [6, 6.07) is 0. The first-order chi connectivity index (χ1) is 8.53. The van der Waals surface area contributed by atoms with Crippen LogP contribution in [0.2, 0.25) is 0 Å². The van der Waals surface area contributed by atoms with Gasteiger partial charge in [0.2, 0.25) is 5.91 Å². The second-order valence-corrected chi connectivity index (χ2v) is 5.49. The van der Waals surface area contributed by atoms with Crippen molar-refractivity contribution in [1.82, 2.24) is 4.90 Å². The van der Waals surface area contributed by atoms with Crippen molar-refractivity contribution in [3.05, 3.63) is 0 Å². The van der Waals surface area contributed by atoms with Crippen molar-refractivity contribution in [3.8, 4) is 0 Å². The zero-order chi connectivity index (χ0) is 13.2. The monoisotopic (exact) mass is 255 g/mol. The molecule has 1 atom stereocenters. The van der Waals surface area contributed by atoms with Crippen LogP contribution in [0.15, 0.2) is 0 Å². The smallest absolute Gasteiger partial charge is 0.310 e. The van der Waals surface area contributed by atoms with Crippen molar-refractivity contribution in [2.75, 3.05) is 19.7 Å². The van der Waals surface area contributed by atoms with Crippen LogP contribution >= 0.6 is 0 Å². The SMILES string of the molecule is CC1CN(C(=O)CC2(C(=O)O)CCC2)CCCO1. The van der Waals surface area contributed by atoms with E-state index in [2.05, 4.69) is 0 Å². The molecule has 0 aromatic rings. The van der Waals surface area contributed by atoms with Crippen LogP contribution < -0.4 is 0 Å². The first kappa shape index (κ1) is 13.3. The van der Waals surface area contributed by atoms with E-state index in [1.807, 2.05) is 6.92 Å². The minimum atomic E-state index is -0.818. The largest absolute Gasteiger partial charge is 0.481 e. The molecule has 1 N–H and O–H groups in total. The van der Waals surface area contributed by atoms with Crippen molar-refractivity contribution in [1.29, 1.82) is 0 Å². The van der Waals surface area contributed by atoms with Gasteiger partial charge in [0.25, 0.3) is 0 Å². The standard InChI is InChI=1S/C13H21NO4/c1-10-9-14(6-3-7-18-10)11(15)8-13(12(16)17)4-2-5-13/h10H,2-9H2,1H3,(H,16,17). The zero-order valence-electron chi connectivity index (χ0n) is 10.9. The van der Waals surface area contributed by atoms with Gasteiger partial charge in [0.1, 0.15) is 0 Å². The topological polar surface area (TPSA) is 66.8 Å².